The van der Waals surface area contributed by atoms with Gasteiger partial charge in [0.1, 0.15) is 13.2 Å². The molecule has 0 spiro atoms. The summed E-state index contributed by atoms with van der Waals surface area (Å²) in [4.78, 5) is 16.2. The number of nitrogens with zero attached hydrogens (tertiary/aromatic N) is 1. The molecule has 2 fully saturated rings. The van der Waals surface area contributed by atoms with E-state index >= 15 is 0 Å². The van der Waals surface area contributed by atoms with Crippen LogP contribution in [-0.2, 0) is 9.53 Å². The topological polar surface area (TPSA) is 69.7 Å². The molecule has 3 aliphatic rings. The number of carbonyl (C=O) groups is 1. The molecule has 1 N–H and O–H groups in total. The van der Waals surface area contributed by atoms with Crippen molar-refractivity contribution in [3.63, 3.8) is 0 Å². The zero-order chi connectivity index (χ0) is 17.8. The number of benzene rings is 1. The summed E-state index contributed by atoms with van der Waals surface area (Å²) < 4.78 is 16.9. The highest BCUT2D eigenvalue weighted by atomic mass is 16.6. The molecule has 0 aliphatic carbocycles. The summed E-state index contributed by atoms with van der Waals surface area (Å²) in [6.07, 6.45) is 6.79. The molecule has 6 heteroatoms. The average molecular weight is 354 g/mol. The highest BCUT2D eigenvalue weighted by molar-refractivity contribution is 5.95. The van der Waals surface area contributed by atoms with E-state index in [2.05, 4.69) is 10.3 Å². The predicted molar refractivity (Wildman–Crippen MR) is 96.3 cm³/mol. The van der Waals surface area contributed by atoms with E-state index in [0.29, 0.717) is 30.4 Å². The molecule has 1 amide bonds. The molecule has 5 rings (SSSR count). The van der Waals surface area contributed by atoms with Crippen molar-refractivity contribution in [1.82, 2.24) is 4.98 Å². The van der Waals surface area contributed by atoms with Gasteiger partial charge in [-0.3, -0.25) is 9.78 Å². The van der Waals surface area contributed by atoms with Crippen LogP contribution in [0.4, 0.5) is 5.69 Å². The van der Waals surface area contributed by atoms with E-state index in [1.165, 1.54) is 0 Å². The molecule has 3 unspecified atom stereocenters. The molecule has 4 heterocycles. The van der Waals surface area contributed by atoms with Gasteiger partial charge in [-0.25, -0.2) is 0 Å². The van der Waals surface area contributed by atoms with Crippen molar-refractivity contribution in [3.8, 4) is 11.5 Å². The first-order valence-electron chi connectivity index (χ1n) is 9.01. The molecule has 2 bridgehead atoms. The zero-order valence-electron chi connectivity index (χ0n) is 14.5. The monoisotopic (exact) mass is 354 g/mol. The first kappa shape index (κ1) is 16.8. The van der Waals surface area contributed by atoms with Gasteiger partial charge < -0.3 is 19.5 Å². The smallest absolute Gasteiger partial charge is 0.230 e. The van der Waals surface area contributed by atoms with Crippen LogP contribution >= 0.6 is 0 Å². The Bertz CT molecular complexity index is 726. The van der Waals surface area contributed by atoms with Crippen molar-refractivity contribution >= 4 is 11.6 Å². The summed E-state index contributed by atoms with van der Waals surface area (Å²) >= 11 is 0. The van der Waals surface area contributed by atoms with Gasteiger partial charge in [-0.05, 0) is 43.5 Å². The first-order chi connectivity index (χ1) is 12.8. The Morgan fingerprint density at radius 3 is 2.54 bits per heavy atom. The number of hydrogen-bond acceptors (Lipinski definition) is 5. The van der Waals surface area contributed by atoms with Crippen LogP contribution in [0.3, 0.4) is 0 Å². The standard InChI is InChI=1S/C15H17NO4.C5H5N/c17-15(10-8-9-4-5-12(10)20-9)16-11-2-1-3-13-14(11)19-7-6-18-13;1-2-4-6-5-3-1/h1-3,9-10,12H,4-8H2,(H,16,17);1-5H. The lowest BCUT2D eigenvalue weighted by Crippen LogP contribution is -2.31. The second kappa shape index (κ2) is 7.74. The number of aromatic nitrogens is 1. The molecular formula is C20H22N2O4. The van der Waals surface area contributed by atoms with Crippen LogP contribution in [0.2, 0.25) is 0 Å². The second-order valence-electron chi connectivity index (χ2n) is 6.56. The summed E-state index contributed by atoms with van der Waals surface area (Å²) in [6, 6.07) is 11.3. The maximum Gasteiger partial charge on any atom is 0.230 e. The molecule has 3 atom stereocenters. The van der Waals surface area contributed by atoms with Crippen molar-refractivity contribution in [2.24, 2.45) is 5.92 Å². The van der Waals surface area contributed by atoms with E-state index in [1.54, 1.807) is 12.4 Å². The minimum absolute atomic E-state index is 0.0276. The van der Waals surface area contributed by atoms with Gasteiger partial charge in [-0.1, -0.05) is 12.1 Å². The Labute approximate surface area is 152 Å². The third-order valence-electron chi connectivity index (χ3n) is 4.83. The first-order valence-corrected chi connectivity index (χ1v) is 9.01. The number of hydrogen-bond donors (Lipinski definition) is 1. The Morgan fingerprint density at radius 2 is 1.88 bits per heavy atom. The number of anilines is 1. The Morgan fingerprint density at radius 1 is 1.04 bits per heavy atom. The molecule has 6 nitrogen and oxygen atoms in total. The molecule has 0 radical (unpaired) electrons. The van der Waals surface area contributed by atoms with Gasteiger partial charge >= 0.3 is 0 Å². The van der Waals surface area contributed by atoms with E-state index in [-0.39, 0.29) is 24.0 Å². The Balaban J connectivity index is 0.000000240. The van der Waals surface area contributed by atoms with Crippen molar-refractivity contribution in [2.75, 3.05) is 18.5 Å². The van der Waals surface area contributed by atoms with Gasteiger partial charge in [0.2, 0.25) is 5.91 Å². The highest BCUT2D eigenvalue weighted by Gasteiger charge is 2.44. The molecule has 0 saturated carbocycles. The lowest BCUT2D eigenvalue weighted by molar-refractivity contribution is -0.121. The van der Waals surface area contributed by atoms with Gasteiger partial charge in [0.15, 0.2) is 11.5 Å². The van der Waals surface area contributed by atoms with Crippen LogP contribution < -0.4 is 14.8 Å². The van der Waals surface area contributed by atoms with Crippen LogP contribution in [-0.4, -0.2) is 36.3 Å². The molecule has 2 saturated heterocycles. The van der Waals surface area contributed by atoms with Gasteiger partial charge in [-0.2, -0.15) is 0 Å². The Kier molecular flexibility index (Phi) is 5.02. The normalized spacial score (nSPS) is 25.2. The summed E-state index contributed by atoms with van der Waals surface area (Å²) in [7, 11) is 0. The van der Waals surface area contributed by atoms with Gasteiger partial charge in [0, 0.05) is 12.4 Å². The largest absolute Gasteiger partial charge is 0.486 e. The van der Waals surface area contributed by atoms with Crippen molar-refractivity contribution in [2.45, 2.75) is 31.5 Å². The van der Waals surface area contributed by atoms with E-state index in [0.717, 1.165) is 19.3 Å². The highest BCUT2D eigenvalue weighted by Crippen LogP contribution is 2.41. The van der Waals surface area contributed by atoms with E-state index in [4.69, 9.17) is 14.2 Å². The maximum atomic E-state index is 12.4. The lowest BCUT2D eigenvalue weighted by Gasteiger charge is -2.23. The fraction of sp³-hybridized carbons (Fsp3) is 0.400. The average Bonchev–Trinajstić information content (AvgIpc) is 3.34. The minimum Gasteiger partial charge on any atom is -0.486 e. The summed E-state index contributed by atoms with van der Waals surface area (Å²) in [5.74, 6) is 1.32. The fourth-order valence-electron chi connectivity index (χ4n) is 3.62. The number of ether oxygens (including phenoxy) is 3. The fourth-order valence-corrected chi connectivity index (χ4v) is 3.62. The van der Waals surface area contributed by atoms with E-state index < -0.39 is 0 Å². The molecule has 26 heavy (non-hydrogen) atoms. The second-order valence-corrected chi connectivity index (χ2v) is 6.56. The quantitative estimate of drug-likeness (QED) is 0.898. The summed E-state index contributed by atoms with van der Waals surface area (Å²) in [5, 5.41) is 2.97. The molecule has 3 aliphatic heterocycles. The summed E-state index contributed by atoms with van der Waals surface area (Å²) in [6.45, 7) is 1.06. The predicted octanol–water partition coefficient (Wildman–Crippen LogP) is 3.05. The van der Waals surface area contributed by atoms with Gasteiger partial charge in [0.05, 0.1) is 23.8 Å². The van der Waals surface area contributed by atoms with Gasteiger partial charge in [-0.15, -0.1) is 0 Å². The minimum atomic E-state index is -0.0332. The molecule has 136 valence electrons. The number of carbonyl (C=O) groups excluding carboxylic acids is 1. The van der Waals surface area contributed by atoms with Crippen molar-refractivity contribution < 1.29 is 19.0 Å². The zero-order valence-corrected chi connectivity index (χ0v) is 14.5. The molecule has 1 aromatic carbocycles. The van der Waals surface area contributed by atoms with Crippen LogP contribution in [0.1, 0.15) is 19.3 Å². The van der Waals surface area contributed by atoms with E-state index in [9.17, 15) is 4.79 Å². The van der Waals surface area contributed by atoms with Crippen LogP contribution in [0.15, 0.2) is 48.8 Å². The molecule has 1 aromatic heterocycles. The number of pyridine rings is 1. The van der Waals surface area contributed by atoms with Crippen molar-refractivity contribution in [1.29, 1.82) is 0 Å². The number of rotatable bonds is 2. The maximum absolute atomic E-state index is 12.4. The molecule has 2 aromatic rings. The third kappa shape index (κ3) is 3.65. The molecular weight excluding hydrogens is 332 g/mol. The van der Waals surface area contributed by atoms with Crippen LogP contribution in [0, 0.1) is 5.92 Å². The van der Waals surface area contributed by atoms with E-state index in [1.807, 2.05) is 36.4 Å². The number of para-hydroxylation sites is 1. The van der Waals surface area contributed by atoms with Crippen LogP contribution in [0.25, 0.3) is 0 Å². The summed E-state index contributed by atoms with van der Waals surface area (Å²) in [5.41, 5.74) is 0.690. The number of fused-ring (bicyclic) bond motifs is 3. The lowest BCUT2D eigenvalue weighted by atomic mass is 9.88. The van der Waals surface area contributed by atoms with Gasteiger partial charge in [0.25, 0.3) is 0 Å². The SMILES string of the molecule is O=C(Nc1cccc2c1OCCO2)C1CC2CCC1O2.c1ccncc1. The van der Waals surface area contributed by atoms with Crippen molar-refractivity contribution in [3.05, 3.63) is 48.8 Å². The number of nitrogens with one attached hydrogen (secondary N) is 1. The Hall–Kier alpha value is -2.60. The third-order valence-corrected chi connectivity index (χ3v) is 4.83. The number of amides is 1. The van der Waals surface area contributed by atoms with Crippen LogP contribution in [0.5, 0.6) is 11.5 Å².